The molecule has 3 aromatic rings. The first-order chi connectivity index (χ1) is 20.9. The first kappa shape index (κ1) is 29.7. The molecular formula is C31H42ClN9O2. The average molecular weight is 608 g/mol. The van der Waals surface area contributed by atoms with Crippen LogP contribution in [0.2, 0.25) is 5.02 Å². The molecule has 0 spiro atoms. The molecule has 1 aliphatic carbocycles. The van der Waals surface area contributed by atoms with Crippen LogP contribution in [0, 0.1) is 17.3 Å². The summed E-state index contributed by atoms with van der Waals surface area (Å²) in [5, 5.41) is 11.7. The van der Waals surface area contributed by atoms with Gasteiger partial charge in [0.25, 0.3) is 5.91 Å². The quantitative estimate of drug-likeness (QED) is 0.398. The summed E-state index contributed by atoms with van der Waals surface area (Å²) in [4.78, 5) is 40.3. The Bertz CT molecular complexity index is 1330. The van der Waals surface area contributed by atoms with Crippen LogP contribution in [0.3, 0.4) is 0 Å². The van der Waals surface area contributed by atoms with E-state index in [4.69, 9.17) is 17.3 Å². The molecular weight excluding hydrogens is 566 g/mol. The minimum atomic E-state index is -0.447. The third-order valence-electron chi connectivity index (χ3n) is 10.2. The molecule has 2 aliphatic heterocycles. The first-order valence-corrected chi connectivity index (χ1v) is 16.1. The maximum Gasteiger partial charge on any atom is 0.291 e. The van der Waals surface area contributed by atoms with Crippen molar-refractivity contribution in [1.29, 1.82) is 0 Å². The number of likely N-dealkylation sites (tertiary alicyclic amines) is 2. The van der Waals surface area contributed by atoms with E-state index in [0.29, 0.717) is 49.8 Å². The van der Waals surface area contributed by atoms with Gasteiger partial charge in [0.2, 0.25) is 11.7 Å². The highest BCUT2D eigenvalue weighted by Crippen LogP contribution is 2.47. The van der Waals surface area contributed by atoms with E-state index in [1.54, 1.807) is 11.2 Å². The number of benzene rings is 1. The lowest BCUT2D eigenvalue weighted by Gasteiger charge is -2.49. The van der Waals surface area contributed by atoms with Crippen LogP contribution in [-0.4, -0.2) is 83.3 Å². The minimum absolute atomic E-state index is 0.0856. The predicted octanol–water partition coefficient (Wildman–Crippen LogP) is 3.73. The van der Waals surface area contributed by atoms with Crippen LogP contribution in [0.15, 0.2) is 43.2 Å². The van der Waals surface area contributed by atoms with Crippen LogP contribution in [0.1, 0.15) is 74.0 Å². The molecule has 2 amide bonds. The van der Waals surface area contributed by atoms with E-state index < -0.39 is 5.92 Å². The number of nitrogens with zero attached hydrogens (tertiary/aromatic N) is 7. The number of nitrogens with two attached hydrogens (primary N) is 1. The molecule has 12 heteroatoms. The Morgan fingerprint density at radius 2 is 1.81 bits per heavy atom. The third-order valence-corrected chi connectivity index (χ3v) is 10.5. The Labute approximate surface area is 257 Å². The van der Waals surface area contributed by atoms with Crippen LogP contribution < -0.4 is 5.73 Å². The van der Waals surface area contributed by atoms with E-state index in [2.05, 4.69) is 25.3 Å². The molecule has 11 nitrogen and oxygen atoms in total. The van der Waals surface area contributed by atoms with Crippen LogP contribution in [0.4, 0.5) is 0 Å². The molecule has 230 valence electrons. The zero-order valence-electron chi connectivity index (χ0n) is 24.7. The van der Waals surface area contributed by atoms with E-state index in [-0.39, 0.29) is 35.1 Å². The van der Waals surface area contributed by atoms with E-state index in [1.165, 1.54) is 38.4 Å². The fraction of sp³-hybridized carbons (Fsp3) is 0.613. The molecule has 3 N–H and O–H groups in total. The normalized spacial score (nSPS) is 23.7. The van der Waals surface area contributed by atoms with Crippen molar-refractivity contribution >= 4 is 23.4 Å². The van der Waals surface area contributed by atoms with Crippen LogP contribution in [-0.2, 0) is 17.8 Å². The maximum atomic E-state index is 14.6. The second kappa shape index (κ2) is 13.1. The van der Waals surface area contributed by atoms with Crippen molar-refractivity contribution in [2.24, 2.45) is 23.0 Å². The van der Waals surface area contributed by atoms with E-state index in [1.807, 2.05) is 40.2 Å². The number of hydrogen-bond acceptors (Lipinski definition) is 7. The van der Waals surface area contributed by atoms with Gasteiger partial charge in [-0.15, -0.1) is 0 Å². The lowest BCUT2D eigenvalue weighted by molar-refractivity contribution is -0.141. The van der Waals surface area contributed by atoms with Crippen molar-refractivity contribution in [1.82, 2.24) is 39.7 Å². The first-order valence-electron chi connectivity index (χ1n) is 15.7. The van der Waals surface area contributed by atoms with Crippen molar-refractivity contribution in [2.45, 2.75) is 82.8 Å². The molecule has 1 aromatic carbocycles. The van der Waals surface area contributed by atoms with Crippen molar-refractivity contribution in [3.8, 4) is 0 Å². The number of aromatic amines is 1. The molecule has 2 unspecified atom stereocenters. The van der Waals surface area contributed by atoms with Crippen molar-refractivity contribution in [3.63, 3.8) is 0 Å². The third kappa shape index (κ3) is 6.62. The molecule has 1 saturated carbocycles. The summed E-state index contributed by atoms with van der Waals surface area (Å²) >= 11 is 6.19. The average Bonchev–Trinajstić information content (AvgIpc) is 3.76. The maximum absolute atomic E-state index is 14.6. The smallest absolute Gasteiger partial charge is 0.291 e. The van der Waals surface area contributed by atoms with Gasteiger partial charge in [-0.3, -0.25) is 19.4 Å². The zero-order valence-corrected chi connectivity index (χ0v) is 25.4. The van der Waals surface area contributed by atoms with Gasteiger partial charge in [-0.2, -0.15) is 10.2 Å². The summed E-state index contributed by atoms with van der Waals surface area (Å²) < 4.78 is 1.98. The molecule has 3 fully saturated rings. The van der Waals surface area contributed by atoms with Gasteiger partial charge in [0.1, 0.15) is 19.0 Å². The highest BCUT2D eigenvalue weighted by Gasteiger charge is 2.46. The highest BCUT2D eigenvalue weighted by atomic mass is 35.5. The van der Waals surface area contributed by atoms with Crippen LogP contribution >= 0.6 is 11.6 Å². The Morgan fingerprint density at radius 3 is 2.49 bits per heavy atom. The molecule has 2 aromatic heterocycles. The number of nitrogens with one attached hydrogen (secondary N) is 1. The van der Waals surface area contributed by atoms with Crippen LogP contribution in [0.25, 0.3) is 0 Å². The van der Waals surface area contributed by atoms with Crippen molar-refractivity contribution in [2.75, 3.05) is 19.6 Å². The topological polar surface area (TPSA) is 139 Å². The zero-order chi connectivity index (χ0) is 29.8. The molecule has 3 aliphatic rings. The number of carbonyl (C=O) groups is 2. The standard InChI is InChI=1S/C31H42ClN9O2/c32-24-8-6-22(7-9-24)16-26(27-17-25(33)10-13-41(27)30(43)28-35-20-36-38-28)29(42)39-14-11-31(12-15-39,18-40-21-34-19-37-40)23-4-2-1-3-5-23/h6-9,19-21,23,25-27H,1-5,10-18,33H2,(H,35,36,38)/t25?,26-,27?/m1/s1. The molecule has 6 rings (SSSR count). The van der Waals surface area contributed by atoms with Gasteiger partial charge in [0.05, 0.1) is 5.92 Å². The fourth-order valence-electron chi connectivity index (χ4n) is 7.82. The number of piperidine rings is 2. The molecule has 43 heavy (non-hydrogen) atoms. The monoisotopic (exact) mass is 607 g/mol. The summed E-state index contributed by atoms with van der Waals surface area (Å²) in [6.07, 6.45) is 14.7. The van der Waals surface area contributed by atoms with E-state index >= 15 is 0 Å². The van der Waals surface area contributed by atoms with Gasteiger partial charge >= 0.3 is 0 Å². The number of halogens is 1. The van der Waals surface area contributed by atoms with Gasteiger partial charge in [-0.05, 0) is 74.0 Å². The van der Waals surface area contributed by atoms with Crippen molar-refractivity contribution < 1.29 is 9.59 Å². The Kier molecular flexibility index (Phi) is 9.09. The number of aromatic nitrogens is 6. The summed E-state index contributed by atoms with van der Waals surface area (Å²) in [7, 11) is 0. The molecule has 0 bridgehead atoms. The number of carbonyl (C=O) groups excluding carboxylic acids is 2. The lowest BCUT2D eigenvalue weighted by atomic mass is 9.63. The molecule has 2 saturated heterocycles. The van der Waals surface area contributed by atoms with Gasteiger partial charge in [0.15, 0.2) is 0 Å². The Morgan fingerprint density at radius 1 is 1.05 bits per heavy atom. The SMILES string of the molecule is NC1CCN(C(=O)c2ncn[nH]2)C([C@@H](Cc2ccc(Cl)cc2)C(=O)N2CCC(Cn3cncn3)(C3CCCCC3)CC2)C1. The largest absolute Gasteiger partial charge is 0.342 e. The highest BCUT2D eigenvalue weighted by molar-refractivity contribution is 6.30. The van der Waals surface area contributed by atoms with Gasteiger partial charge < -0.3 is 15.5 Å². The summed E-state index contributed by atoms with van der Waals surface area (Å²) in [6.45, 7) is 2.69. The van der Waals surface area contributed by atoms with Crippen molar-refractivity contribution in [3.05, 3.63) is 59.7 Å². The number of hydrogen-bond donors (Lipinski definition) is 2. The fourth-order valence-corrected chi connectivity index (χ4v) is 7.95. The second-order valence-corrected chi connectivity index (χ2v) is 13.2. The minimum Gasteiger partial charge on any atom is -0.342 e. The van der Waals surface area contributed by atoms with Gasteiger partial charge in [-0.1, -0.05) is 43.0 Å². The lowest BCUT2D eigenvalue weighted by Crippen LogP contribution is -2.58. The Hall–Kier alpha value is -3.31. The second-order valence-electron chi connectivity index (χ2n) is 12.7. The van der Waals surface area contributed by atoms with E-state index in [9.17, 15) is 9.59 Å². The van der Waals surface area contributed by atoms with Crippen LogP contribution in [0.5, 0.6) is 0 Å². The number of rotatable bonds is 8. The summed E-state index contributed by atoms with van der Waals surface area (Å²) in [5.74, 6) is 0.200. The molecule has 3 atom stereocenters. The van der Waals surface area contributed by atoms with Gasteiger partial charge in [-0.25, -0.2) is 9.97 Å². The molecule has 4 heterocycles. The Balaban J connectivity index is 1.26. The molecule has 0 radical (unpaired) electrons. The van der Waals surface area contributed by atoms with E-state index in [0.717, 1.165) is 24.9 Å². The van der Waals surface area contributed by atoms with Gasteiger partial charge in [0, 0.05) is 43.3 Å². The number of amides is 2. The summed E-state index contributed by atoms with van der Waals surface area (Å²) in [6, 6.07) is 7.20. The number of H-pyrrole nitrogens is 1. The summed E-state index contributed by atoms with van der Waals surface area (Å²) in [5.41, 5.74) is 7.59. The predicted molar refractivity (Wildman–Crippen MR) is 162 cm³/mol.